The fraction of sp³-hybridized carbons (Fsp3) is 0.400. The van der Waals surface area contributed by atoms with Crippen LogP contribution in [0.15, 0.2) is 28.7 Å². The number of hydrogen-bond donors (Lipinski definition) is 0. The number of anilines is 1. The van der Waals surface area contributed by atoms with Gasteiger partial charge in [-0.1, -0.05) is 0 Å². The first-order chi connectivity index (χ1) is 9.76. The van der Waals surface area contributed by atoms with Crippen LogP contribution in [0, 0.1) is 24.2 Å². The van der Waals surface area contributed by atoms with Crippen LogP contribution in [-0.4, -0.2) is 23.3 Å². The van der Waals surface area contributed by atoms with Crippen LogP contribution >= 0.6 is 0 Å². The summed E-state index contributed by atoms with van der Waals surface area (Å²) in [5.74, 6) is 2.52. The summed E-state index contributed by atoms with van der Waals surface area (Å²) in [4.78, 5) is 2.13. The molecule has 5 nitrogen and oxygen atoms in total. The molecule has 1 aliphatic heterocycles. The summed E-state index contributed by atoms with van der Waals surface area (Å²) in [5, 5.41) is 17.5. The second kappa shape index (κ2) is 5.33. The summed E-state index contributed by atoms with van der Waals surface area (Å²) in [6, 6.07) is 10.0. The molecule has 0 aliphatic carbocycles. The number of piperidine rings is 1. The Balaban J connectivity index is 1.78. The van der Waals surface area contributed by atoms with Crippen LogP contribution in [0.4, 0.5) is 5.82 Å². The predicted octanol–water partition coefficient (Wildman–Crippen LogP) is 2.79. The number of nitrogens with zero attached hydrogens (tertiary/aromatic N) is 4. The molecule has 0 aromatic carbocycles. The molecule has 1 aliphatic rings. The number of hydrogen-bond acceptors (Lipinski definition) is 5. The lowest BCUT2D eigenvalue weighted by Crippen LogP contribution is -2.35. The van der Waals surface area contributed by atoms with Crippen molar-refractivity contribution in [3.05, 3.63) is 30.0 Å². The number of furan rings is 1. The van der Waals surface area contributed by atoms with Gasteiger partial charge in [-0.3, -0.25) is 0 Å². The van der Waals surface area contributed by atoms with E-state index >= 15 is 0 Å². The molecule has 0 spiro atoms. The van der Waals surface area contributed by atoms with E-state index in [1.807, 2.05) is 31.2 Å². The lowest BCUT2D eigenvalue weighted by Gasteiger charge is -2.30. The highest BCUT2D eigenvalue weighted by molar-refractivity contribution is 5.53. The summed E-state index contributed by atoms with van der Waals surface area (Å²) in [7, 11) is 0. The van der Waals surface area contributed by atoms with Crippen molar-refractivity contribution in [3.63, 3.8) is 0 Å². The van der Waals surface area contributed by atoms with Gasteiger partial charge in [0.2, 0.25) is 0 Å². The standard InChI is InChI=1S/C15H16N4O/c1-11-4-6-14(20-11)13-5-7-15(18-17-13)19-8-2-3-12(9-16)10-19/h4-7,12H,2-3,8,10H2,1H3. The predicted molar refractivity (Wildman–Crippen MR) is 75.0 cm³/mol. The fourth-order valence-corrected chi connectivity index (χ4v) is 2.49. The molecule has 0 saturated carbocycles. The van der Waals surface area contributed by atoms with Crippen LogP contribution in [0.25, 0.3) is 11.5 Å². The zero-order valence-corrected chi connectivity index (χ0v) is 11.4. The first kappa shape index (κ1) is 12.7. The molecule has 0 N–H and O–H groups in total. The zero-order chi connectivity index (χ0) is 13.9. The van der Waals surface area contributed by atoms with Crippen molar-refractivity contribution >= 4 is 5.82 Å². The van der Waals surface area contributed by atoms with Crippen LogP contribution in [0.5, 0.6) is 0 Å². The Labute approximate surface area is 117 Å². The van der Waals surface area contributed by atoms with Gasteiger partial charge in [-0.2, -0.15) is 5.26 Å². The largest absolute Gasteiger partial charge is 0.460 e. The van der Waals surface area contributed by atoms with E-state index in [1.54, 1.807) is 0 Å². The molecule has 3 rings (SSSR count). The van der Waals surface area contributed by atoms with Crippen LogP contribution in [-0.2, 0) is 0 Å². The SMILES string of the molecule is Cc1ccc(-c2ccc(N3CCCC(C#N)C3)nn2)o1. The molecule has 0 bridgehead atoms. The lowest BCUT2D eigenvalue weighted by molar-refractivity contribution is 0.489. The lowest BCUT2D eigenvalue weighted by atomic mass is 10.00. The van der Waals surface area contributed by atoms with Gasteiger partial charge in [0.25, 0.3) is 0 Å². The van der Waals surface area contributed by atoms with E-state index in [1.165, 1.54) is 0 Å². The molecule has 3 heterocycles. The molecule has 2 aromatic heterocycles. The Morgan fingerprint density at radius 2 is 2.20 bits per heavy atom. The van der Waals surface area contributed by atoms with Crippen LogP contribution < -0.4 is 4.90 Å². The molecule has 2 aromatic rings. The first-order valence-corrected chi connectivity index (χ1v) is 6.81. The van der Waals surface area contributed by atoms with Gasteiger partial charge in [-0.25, -0.2) is 0 Å². The summed E-state index contributed by atoms with van der Waals surface area (Å²) >= 11 is 0. The molecule has 1 fully saturated rings. The average Bonchev–Trinajstić information content (AvgIpc) is 2.94. The molecular formula is C15H16N4O. The highest BCUT2D eigenvalue weighted by atomic mass is 16.3. The van der Waals surface area contributed by atoms with Crippen molar-refractivity contribution in [2.24, 2.45) is 5.92 Å². The first-order valence-electron chi connectivity index (χ1n) is 6.81. The van der Waals surface area contributed by atoms with Crippen molar-refractivity contribution < 1.29 is 4.42 Å². The number of aromatic nitrogens is 2. The summed E-state index contributed by atoms with van der Waals surface area (Å²) in [5.41, 5.74) is 0.732. The highest BCUT2D eigenvalue weighted by Gasteiger charge is 2.20. The second-order valence-electron chi connectivity index (χ2n) is 5.10. The maximum absolute atomic E-state index is 9.03. The number of aryl methyl sites for hydroxylation is 1. The Morgan fingerprint density at radius 1 is 1.30 bits per heavy atom. The number of nitriles is 1. The number of rotatable bonds is 2. The minimum Gasteiger partial charge on any atom is -0.460 e. The summed E-state index contributed by atoms with van der Waals surface area (Å²) in [6.45, 7) is 3.58. The van der Waals surface area contributed by atoms with Crippen molar-refractivity contribution in [2.45, 2.75) is 19.8 Å². The van der Waals surface area contributed by atoms with Crippen molar-refractivity contribution in [1.82, 2.24) is 10.2 Å². The molecule has 0 amide bonds. The smallest absolute Gasteiger partial charge is 0.154 e. The van der Waals surface area contributed by atoms with E-state index in [-0.39, 0.29) is 5.92 Å². The maximum atomic E-state index is 9.03. The van der Waals surface area contributed by atoms with Gasteiger partial charge in [0.05, 0.1) is 12.0 Å². The molecule has 5 heteroatoms. The topological polar surface area (TPSA) is 66.0 Å². The summed E-state index contributed by atoms with van der Waals surface area (Å²) < 4.78 is 5.53. The van der Waals surface area contributed by atoms with Crippen LogP contribution in [0.1, 0.15) is 18.6 Å². The van der Waals surface area contributed by atoms with Gasteiger partial charge < -0.3 is 9.32 Å². The molecule has 102 valence electrons. The van der Waals surface area contributed by atoms with Gasteiger partial charge in [-0.05, 0) is 44.0 Å². The van der Waals surface area contributed by atoms with E-state index in [4.69, 9.17) is 9.68 Å². The van der Waals surface area contributed by atoms with Crippen LogP contribution in [0.3, 0.4) is 0 Å². The zero-order valence-electron chi connectivity index (χ0n) is 11.4. The third-order valence-electron chi connectivity index (χ3n) is 3.57. The summed E-state index contributed by atoms with van der Waals surface area (Å²) in [6.07, 6.45) is 2.00. The Bertz CT molecular complexity index is 626. The highest BCUT2D eigenvalue weighted by Crippen LogP contribution is 2.23. The average molecular weight is 268 g/mol. The van der Waals surface area contributed by atoms with Crippen molar-refractivity contribution in [2.75, 3.05) is 18.0 Å². The van der Waals surface area contributed by atoms with Gasteiger partial charge >= 0.3 is 0 Å². The van der Waals surface area contributed by atoms with Gasteiger partial charge in [0.15, 0.2) is 11.6 Å². The minimum atomic E-state index is 0.0953. The molecule has 1 unspecified atom stereocenters. The minimum absolute atomic E-state index is 0.0953. The second-order valence-corrected chi connectivity index (χ2v) is 5.10. The molecular weight excluding hydrogens is 252 g/mol. The van der Waals surface area contributed by atoms with E-state index < -0.39 is 0 Å². The molecule has 1 atom stereocenters. The van der Waals surface area contributed by atoms with Gasteiger partial charge in [0, 0.05) is 13.1 Å². The van der Waals surface area contributed by atoms with Crippen LogP contribution in [0.2, 0.25) is 0 Å². The molecule has 1 saturated heterocycles. The van der Waals surface area contributed by atoms with E-state index in [0.717, 1.165) is 49.0 Å². The third kappa shape index (κ3) is 2.50. The molecule has 20 heavy (non-hydrogen) atoms. The third-order valence-corrected chi connectivity index (χ3v) is 3.57. The Kier molecular flexibility index (Phi) is 3.38. The maximum Gasteiger partial charge on any atom is 0.154 e. The van der Waals surface area contributed by atoms with Gasteiger partial charge in [0.1, 0.15) is 11.5 Å². The Hall–Kier alpha value is -2.35. The fourth-order valence-electron chi connectivity index (χ4n) is 2.49. The van der Waals surface area contributed by atoms with Crippen molar-refractivity contribution in [1.29, 1.82) is 5.26 Å². The Morgan fingerprint density at radius 3 is 2.85 bits per heavy atom. The monoisotopic (exact) mass is 268 g/mol. The van der Waals surface area contributed by atoms with E-state index in [0.29, 0.717) is 0 Å². The van der Waals surface area contributed by atoms with E-state index in [2.05, 4.69) is 21.2 Å². The molecule has 0 radical (unpaired) electrons. The normalized spacial score (nSPS) is 18.8. The van der Waals surface area contributed by atoms with E-state index in [9.17, 15) is 0 Å². The quantitative estimate of drug-likeness (QED) is 0.837. The van der Waals surface area contributed by atoms with Crippen molar-refractivity contribution in [3.8, 4) is 17.5 Å². The van der Waals surface area contributed by atoms with Gasteiger partial charge in [-0.15, -0.1) is 10.2 Å².